The Morgan fingerprint density at radius 1 is 1.32 bits per heavy atom. The van der Waals surface area contributed by atoms with Crippen molar-refractivity contribution in [3.8, 4) is 16.3 Å². The third-order valence-electron chi connectivity index (χ3n) is 4.10. The van der Waals surface area contributed by atoms with E-state index in [9.17, 15) is 18.4 Å². The molecule has 0 aliphatic carbocycles. The first-order valence-corrected chi connectivity index (χ1v) is 9.09. The lowest BCUT2D eigenvalue weighted by Crippen LogP contribution is -2.27. The van der Waals surface area contributed by atoms with Gasteiger partial charge in [-0.3, -0.25) is 4.79 Å². The molecule has 0 aliphatic rings. The topological polar surface area (TPSA) is 95.8 Å². The minimum atomic E-state index is -1.91. The zero-order chi connectivity index (χ0) is 20.4. The summed E-state index contributed by atoms with van der Waals surface area (Å²) >= 11 is 1.36. The van der Waals surface area contributed by atoms with Crippen LogP contribution in [0, 0.1) is 6.92 Å². The van der Waals surface area contributed by atoms with E-state index in [0.717, 1.165) is 15.1 Å². The van der Waals surface area contributed by atoms with E-state index in [-0.39, 0.29) is 24.4 Å². The van der Waals surface area contributed by atoms with Crippen LogP contribution in [0.2, 0.25) is 0 Å². The molecule has 0 spiro atoms. The summed E-state index contributed by atoms with van der Waals surface area (Å²) in [5.41, 5.74) is 5.85. The summed E-state index contributed by atoms with van der Waals surface area (Å²) in [7, 11) is 0. The molecule has 0 bridgehead atoms. The minimum absolute atomic E-state index is 0.00729. The summed E-state index contributed by atoms with van der Waals surface area (Å²) in [6.07, 6.45) is 0.915. The molecule has 3 rings (SSSR count). The largest absolute Gasteiger partial charge is 0.351 e. The fraction of sp³-hybridized carbons (Fsp3) is 0.222. The zero-order valence-electron chi connectivity index (χ0n) is 15.1. The molecule has 10 heteroatoms. The lowest BCUT2D eigenvalue weighted by atomic mass is 10.2. The number of ketones is 1. The van der Waals surface area contributed by atoms with Crippen molar-refractivity contribution >= 4 is 17.1 Å². The van der Waals surface area contributed by atoms with Crippen LogP contribution < -0.4 is 11.4 Å². The Bertz CT molecular complexity index is 1130. The summed E-state index contributed by atoms with van der Waals surface area (Å²) in [6, 6.07) is 5.44. The number of halogens is 2. The number of pyridine rings is 1. The van der Waals surface area contributed by atoms with Crippen molar-refractivity contribution in [2.75, 3.05) is 6.54 Å². The molecule has 0 aromatic carbocycles. The van der Waals surface area contributed by atoms with E-state index in [2.05, 4.69) is 10.1 Å². The van der Waals surface area contributed by atoms with E-state index in [1.165, 1.54) is 29.2 Å². The molecule has 2 N–H and O–H groups in total. The number of aryl methyl sites for hydroxylation is 1. The normalized spacial score (nSPS) is 10.9. The van der Waals surface area contributed by atoms with Crippen LogP contribution in [-0.2, 0) is 6.54 Å². The summed E-state index contributed by atoms with van der Waals surface area (Å²) < 4.78 is 27.7. The van der Waals surface area contributed by atoms with Gasteiger partial charge in [0.15, 0.2) is 5.78 Å². The number of aromatic nitrogens is 4. The third-order valence-corrected chi connectivity index (χ3v) is 5.34. The van der Waals surface area contributed by atoms with Gasteiger partial charge in [-0.1, -0.05) is 0 Å². The maximum absolute atomic E-state index is 12.8. The van der Waals surface area contributed by atoms with E-state index in [1.807, 2.05) is 12.1 Å². The molecule has 0 radical (unpaired) electrons. The summed E-state index contributed by atoms with van der Waals surface area (Å²) in [6.45, 7) is 2.54. The lowest BCUT2D eigenvalue weighted by molar-refractivity contribution is 0.102. The van der Waals surface area contributed by atoms with Gasteiger partial charge in [-0.25, -0.2) is 19.0 Å². The van der Waals surface area contributed by atoms with Crippen molar-refractivity contribution in [2.24, 2.45) is 5.73 Å². The van der Waals surface area contributed by atoms with Crippen LogP contribution in [0.5, 0.6) is 0 Å². The molecule has 3 heterocycles. The minimum Gasteiger partial charge on any atom is -0.327 e. The van der Waals surface area contributed by atoms with Crippen molar-refractivity contribution in [3.05, 3.63) is 63.3 Å². The van der Waals surface area contributed by atoms with Crippen LogP contribution in [-0.4, -0.2) is 31.7 Å². The van der Waals surface area contributed by atoms with Crippen molar-refractivity contribution < 1.29 is 13.6 Å². The number of rotatable bonds is 6. The first-order valence-electron chi connectivity index (χ1n) is 8.27. The summed E-state index contributed by atoms with van der Waals surface area (Å²) in [4.78, 5) is 29.8. The monoisotopic (exact) mass is 405 g/mol. The third kappa shape index (κ3) is 3.82. The van der Waals surface area contributed by atoms with Gasteiger partial charge < -0.3 is 5.73 Å². The van der Waals surface area contributed by atoms with Crippen LogP contribution >= 0.6 is 11.3 Å². The SMILES string of the molecule is CC(=O)c1ccc(-c2cnc(-n3cnn(CC(CN)=C(F)F)c3=O)c(C)c2)s1. The number of nitrogens with zero attached hydrogens (tertiary/aromatic N) is 4. The number of carbonyl (C=O) groups excluding carboxylic acids is 1. The number of thiophene rings is 1. The highest BCUT2D eigenvalue weighted by Gasteiger charge is 2.15. The van der Waals surface area contributed by atoms with Gasteiger partial charge in [-0.05, 0) is 37.6 Å². The molecule has 0 fully saturated rings. The first-order chi connectivity index (χ1) is 13.3. The highest BCUT2D eigenvalue weighted by molar-refractivity contribution is 7.17. The number of hydrogen-bond acceptors (Lipinski definition) is 6. The Morgan fingerprint density at radius 3 is 2.64 bits per heavy atom. The van der Waals surface area contributed by atoms with Crippen LogP contribution in [0.25, 0.3) is 16.3 Å². The molecule has 146 valence electrons. The molecule has 7 nitrogen and oxygen atoms in total. The average Bonchev–Trinajstić information content (AvgIpc) is 3.27. The van der Waals surface area contributed by atoms with E-state index < -0.39 is 11.8 Å². The molecule has 0 aliphatic heterocycles. The van der Waals surface area contributed by atoms with Gasteiger partial charge in [0.05, 0.1) is 11.4 Å². The summed E-state index contributed by atoms with van der Waals surface area (Å²) in [5, 5.41) is 3.88. The second kappa shape index (κ2) is 7.95. The van der Waals surface area contributed by atoms with Gasteiger partial charge in [0, 0.05) is 28.8 Å². The Morgan fingerprint density at radius 2 is 2.07 bits per heavy atom. The molecular formula is C18H17F2N5O2S. The Hall–Kier alpha value is -2.98. The van der Waals surface area contributed by atoms with Crippen LogP contribution in [0.4, 0.5) is 8.78 Å². The molecule has 0 amide bonds. The highest BCUT2D eigenvalue weighted by Crippen LogP contribution is 2.29. The Labute approximate surface area is 162 Å². The van der Waals surface area contributed by atoms with Gasteiger partial charge in [-0.15, -0.1) is 11.3 Å². The van der Waals surface area contributed by atoms with Crippen molar-refractivity contribution in [1.29, 1.82) is 0 Å². The predicted molar refractivity (Wildman–Crippen MR) is 102 cm³/mol. The number of hydrogen-bond donors (Lipinski definition) is 1. The van der Waals surface area contributed by atoms with Crippen molar-refractivity contribution in [2.45, 2.75) is 20.4 Å². The van der Waals surface area contributed by atoms with E-state index in [0.29, 0.717) is 16.3 Å². The zero-order valence-corrected chi connectivity index (χ0v) is 16.0. The van der Waals surface area contributed by atoms with Gasteiger partial charge in [0.1, 0.15) is 12.1 Å². The van der Waals surface area contributed by atoms with Crippen LogP contribution in [0.15, 0.2) is 47.2 Å². The number of Topliss-reactive ketones (excluding diaryl/α,β-unsaturated/α-hetero) is 1. The number of nitrogens with two attached hydrogens (primary N) is 1. The predicted octanol–water partition coefficient (Wildman–Crippen LogP) is 2.78. The molecule has 3 aromatic rings. The maximum Gasteiger partial charge on any atom is 0.351 e. The summed E-state index contributed by atoms with van der Waals surface area (Å²) in [5.74, 6) is 0.342. The lowest BCUT2D eigenvalue weighted by Gasteiger charge is -2.06. The average molecular weight is 405 g/mol. The van der Waals surface area contributed by atoms with E-state index in [1.54, 1.807) is 19.2 Å². The van der Waals surface area contributed by atoms with Crippen molar-refractivity contribution in [3.63, 3.8) is 0 Å². The molecule has 0 saturated carbocycles. The van der Waals surface area contributed by atoms with Crippen molar-refractivity contribution in [1.82, 2.24) is 19.3 Å². The molecule has 0 saturated heterocycles. The van der Waals surface area contributed by atoms with E-state index in [4.69, 9.17) is 5.73 Å². The number of carbonyl (C=O) groups is 1. The van der Waals surface area contributed by atoms with E-state index >= 15 is 0 Å². The van der Waals surface area contributed by atoms with Crippen LogP contribution in [0.3, 0.4) is 0 Å². The first kappa shape index (κ1) is 19.8. The quantitative estimate of drug-likeness (QED) is 0.636. The molecule has 0 unspecified atom stereocenters. The second-order valence-electron chi connectivity index (χ2n) is 6.09. The van der Waals surface area contributed by atoms with Gasteiger partial charge >= 0.3 is 5.69 Å². The smallest absolute Gasteiger partial charge is 0.327 e. The second-order valence-corrected chi connectivity index (χ2v) is 7.18. The Kier molecular flexibility index (Phi) is 5.61. The molecule has 28 heavy (non-hydrogen) atoms. The van der Waals surface area contributed by atoms with Crippen LogP contribution in [0.1, 0.15) is 22.2 Å². The fourth-order valence-corrected chi connectivity index (χ4v) is 3.49. The maximum atomic E-state index is 12.8. The standard InChI is InChI=1S/C18H17F2N5O2S/c1-10-5-12(15-4-3-14(28-15)11(2)26)7-22-17(10)24-9-23-25(18(24)27)8-13(6-21)16(19)20/h3-5,7,9H,6,8,21H2,1-2H3. The van der Waals surface area contributed by atoms with Gasteiger partial charge in [-0.2, -0.15) is 13.9 Å². The van der Waals surface area contributed by atoms with Gasteiger partial charge in [0.2, 0.25) is 0 Å². The molecule has 3 aromatic heterocycles. The fourth-order valence-electron chi connectivity index (χ4n) is 2.61. The molecular weight excluding hydrogens is 388 g/mol. The van der Waals surface area contributed by atoms with Gasteiger partial charge in [0.25, 0.3) is 6.08 Å². The molecule has 0 atom stereocenters. The Balaban J connectivity index is 1.94. The highest BCUT2D eigenvalue weighted by atomic mass is 32.1.